The molecule has 4 nitrogen and oxygen atoms in total. The molecule has 1 aromatic heterocycles. The molecule has 0 aliphatic carbocycles. The van der Waals surface area contributed by atoms with Crippen molar-refractivity contribution in [2.24, 2.45) is 5.73 Å². The number of aromatic amines is 1. The average molecular weight is 220 g/mol. The maximum Gasteiger partial charge on any atom is 0.355 e. The zero-order valence-electron chi connectivity index (χ0n) is 9.81. The number of esters is 1. The van der Waals surface area contributed by atoms with Crippen LogP contribution in [0.25, 0.3) is 0 Å². The van der Waals surface area contributed by atoms with Crippen LogP contribution in [0.15, 0.2) is 0 Å². The number of aromatic nitrogens is 1. The summed E-state index contributed by atoms with van der Waals surface area (Å²) in [5, 5.41) is 0. The maximum absolute atomic E-state index is 11.6. The molecule has 0 amide bonds. The zero-order chi connectivity index (χ0) is 12.1. The fourth-order valence-electron chi connectivity index (χ4n) is 1.48. The first-order valence-corrected chi connectivity index (χ1v) is 5.17. The van der Waals surface area contributed by atoms with Crippen LogP contribution in [0.3, 0.4) is 0 Å². The van der Waals surface area contributed by atoms with Gasteiger partial charge in [-0.2, -0.15) is 0 Å². The van der Waals surface area contributed by atoms with Crippen LogP contribution in [-0.2, 0) is 4.74 Å². The highest BCUT2D eigenvalue weighted by molar-refractivity contribution is 5.90. The fourth-order valence-corrected chi connectivity index (χ4v) is 1.48. The Hall–Kier alpha value is -1.73. The van der Waals surface area contributed by atoms with E-state index < -0.39 is 0 Å². The Labute approximate surface area is 95.2 Å². The molecule has 0 radical (unpaired) electrons. The lowest BCUT2D eigenvalue weighted by atomic mass is 10.1. The summed E-state index contributed by atoms with van der Waals surface area (Å²) < 4.78 is 4.94. The third-order valence-electron chi connectivity index (χ3n) is 2.23. The van der Waals surface area contributed by atoms with Crippen LogP contribution >= 0.6 is 0 Å². The molecule has 1 rings (SSSR count). The monoisotopic (exact) mass is 220 g/mol. The second-order valence-corrected chi connectivity index (χ2v) is 3.35. The molecule has 1 heterocycles. The second kappa shape index (κ2) is 5.38. The molecule has 0 atom stereocenters. The number of hydrogen-bond acceptors (Lipinski definition) is 3. The normalized spacial score (nSPS) is 9.50. The summed E-state index contributed by atoms with van der Waals surface area (Å²) in [7, 11) is 0. The Bertz CT molecular complexity index is 450. The van der Waals surface area contributed by atoms with E-state index in [-0.39, 0.29) is 5.97 Å². The van der Waals surface area contributed by atoms with Crippen molar-refractivity contribution in [2.45, 2.75) is 20.8 Å². The van der Waals surface area contributed by atoms with Gasteiger partial charge < -0.3 is 15.5 Å². The van der Waals surface area contributed by atoms with Crippen molar-refractivity contribution in [3.8, 4) is 11.8 Å². The topological polar surface area (TPSA) is 68.1 Å². The van der Waals surface area contributed by atoms with Crippen molar-refractivity contribution in [1.29, 1.82) is 0 Å². The molecule has 0 unspecified atom stereocenters. The summed E-state index contributed by atoms with van der Waals surface area (Å²) in [5.41, 5.74) is 8.29. The molecule has 1 aromatic rings. The molecule has 0 aliphatic heterocycles. The number of ether oxygens (including phenoxy) is 1. The lowest BCUT2D eigenvalue weighted by molar-refractivity contribution is 0.0519. The van der Waals surface area contributed by atoms with Gasteiger partial charge >= 0.3 is 5.97 Å². The van der Waals surface area contributed by atoms with Gasteiger partial charge in [0.1, 0.15) is 5.69 Å². The predicted octanol–water partition coefficient (Wildman–Crippen LogP) is 1.12. The van der Waals surface area contributed by atoms with Crippen LogP contribution in [0, 0.1) is 25.7 Å². The molecule has 86 valence electrons. The minimum absolute atomic E-state index is 0.304. The van der Waals surface area contributed by atoms with Crippen LogP contribution in [0.1, 0.15) is 34.2 Å². The number of aryl methyl sites for hydroxylation is 1. The van der Waals surface area contributed by atoms with Gasteiger partial charge in [-0.3, -0.25) is 0 Å². The Morgan fingerprint density at radius 3 is 2.75 bits per heavy atom. The Kier molecular flexibility index (Phi) is 4.15. The zero-order valence-corrected chi connectivity index (χ0v) is 9.81. The van der Waals surface area contributed by atoms with E-state index in [9.17, 15) is 4.79 Å². The van der Waals surface area contributed by atoms with Crippen LogP contribution in [0.4, 0.5) is 0 Å². The first-order valence-electron chi connectivity index (χ1n) is 5.17. The van der Waals surface area contributed by atoms with Gasteiger partial charge in [-0.1, -0.05) is 11.8 Å². The number of nitrogens with two attached hydrogens (primary N) is 1. The van der Waals surface area contributed by atoms with E-state index in [1.165, 1.54) is 0 Å². The summed E-state index contributed by atoms with van der Waals surface area (Å²) in [6, 6.07) is 0. The van der Waals surface area contributed by atoms with Crippen molar-refractivity contribution < 1.29 is 9.53 Å². The van der Waals surface area contributed by atoms with Gasteiger partial charge in [0.2, 0.25) is 0 Å². The molecule has 0 saturated heterocycles. The molecule has 0 aliphatic rings. The summed E-state index contributed by atoms with van der Waals surface area (Å²) in [6.45, 7) is 6.16. The van der Waals surface area contributed by atoms with Gasteiger partial charge in [-0.05, 0) is 26.3 Å². The molecule has 0 bridgehead atoms. The van der Waals surface area contributed by atoms with Gasteiger partial charge in [0, 0.05) is 11.3 Å². The highest BCUT2D eigenvalue weighted by atomic mass is 16.5. The molecule has 0 saturated carbocycles. The van der Waals surface area contributed by atoms with Gasteiger partial charge in [0.25, 0.3) is 0 Å². The summed E-state index contributed by atoms with van der Waals surface area (Å²) in [6.07, 6.45) is 0. The smallest absolute Gasteiger partial charge is 0.355 e. The molecule has 4 heteroatoms. The SMILES string of the molecule is CCOC(=O)c1[nH]c(C)c(C#CCN)c1C. The van der Waals surface area contributed by atoms with E-state index in [4.69, 9.17) is 10.5 Å². The lowest BCUT2D eigenvalue weighted by Crippen LogP contribution is -2.06. The first-order chi connectivity index (χ1) is 7.61. The largest absolute Gasteiger partial charge is 0.461 e. The van der Waals surface area contributed by atoms with Gasteiger partial charge in [0.05, 0.1) is 13.2 Å². The molecule has 0 fully saturated rings. The summed E-state index contributed by atoms with van der Waals surface area (Å²) in [4.78, 5) is 14.6. The quantitative estimate of drug-likeness (QED) is 0.579. The molecule has 0 aromatic carbocycles. The van der Waals surface area contributed by atoms with E-state index >= 15 is 0 Å². The molecule has 16 heavy (non-hydrogen) atoms. The molecular formula is C12H16N2O2. The van der Waals surface area contributed by atoms with Crippen molar-refractivity contribution in [3.05, 3.63) is 22.5 Å². The predicted molar refractivity (Wildman–Crippen MR) is 62.2 cm³/mol. The second-order valence-electron chi connectivity index (χ2n) is 3.35. The van der Waals surface area contributed by atoms with Crippen LogP contribution in [0.5, 0.6) is 0 Å². The minimum Gasteiger partial charge on any atom is -0.461 e. The number of rotatable bonds is 2. The lowest BCUT2D eigenvalue weighted by Gasteiger charge is -1.99. The van der Waals surface area contributed by atoms with Gasteiger partial charge in [0.15, 0.2) is 0 Å². The van der Waals surface area contributed by atoms with E-state index in [2.05, 4.69) is 16.8 Å². The van der Waals surface area contributed by atoms with E-state index in [0.29, 0.717) is 18.8 Å². The minimum atomic E-state index is -0.344. The third-order valence-corrected chi connectivity index (χ3v) is 2.23. The number of carbonyl (C=O) groups excluding carboxylic acids is 1. The highest BCUT2D eigenvalue weighted by Crippen LogP contribution is 2.17. The van der Waals surface area contributed by atoms with Crippen molar-refractivity contribution >= 4 is 5.97 Å². The number of H-pyrrole nitrogens is 1. The van der Waals surface area contributed by atoms with E-state index in [0.717, 1.165) is 16.8 Å². The Balaban J connectivity index is 3.11. The van der Waals surface area contributed by atoms with Gasteiger partial charge in [-0.15, -0.1) is 0 Å². The van der Waals surface area contributed by atoms with Crippen LogP contribution in [0.2, 0.25) is 0 Å². The number of nitrogens with one attached hydrogen (secondary N) is 1. The Morgan fingerprint density at radius 1 is 1.50 bits per heavy atom. The van der Waals surface area contributed by atoms with Crippen LogP contribution < -0.4 is 5.73 Å². The maximum atomic E-state index is 11.6. The molecule has 3 N–H and O–H groups in total. The van der Waals surface area contributed by atoms with Crippen molar-refractivity contribution in [3.63, 3.8) is 0 Å². The van der Waals surface area contributed by atoms with Crippen LogP contribution in [-0.4, -0.2) is 24.1 Å². The van der Waals surface area contributed by atoms with Crippen molar-refractivity contribution in [2.75, 3.05) is 13.2 Å². The molecule has 0 spiro atoms. The van der Waals surface area contributed by atoms with E-state index in [1.54, 1.807) is 6.92 Å². The molecular weight excluding hydrogens is 204 g/mol. The van der Waals surface area contributed by atoms with E-state index in [1.807, 2.05) is 13.8 Å². The van der Waals surface area contributed by atoms with Gasteiger partial charge in [-0.25, -0.2) is 4.79 Å². The standard InChI is InChI=1S/C12H16N2O2/c1-4-16-12(15)11-8(2)10(6-5-7-13)9(3)14-11/h14H,4,7,13H2,1-3H3. The summed E-state index contributed by atoms with van der Waals surface area (Å²) >= 11 is 0. The number of carbonyl (C=O) groups is 1. The third kappa shape index (κ3) is 2.44. The Morgan fingerprint density at radius 2 is 2.19 bits per heavy atom. The fraction of sp³-hybridized carbons (Fsp3) is 0.417. The highest BCUT2D eigenvalue weighted by Gasteiger charge is 2.16. The number of hydrogen-bond donors (Lipinski definition) is 2. The first kappa shape index (κ1) is 12.3. The average Bonchev–Trinajstić information content (AvgIpc) is 2.53. The summed E-state index contributed by atoms with van der Waals surface area (Å²) in [5.74, 6) is 5.38. The van der Waals surface area contributed by atoms with Crippen molar-refractivity contribution in [1.82, 2.24) is 4.98 Å².